The Labute approximate surface area is 79.9 Å². The fourth-order valence-corrected chi connectivity index (χ4v) is 1.04. The van der Waals surface area contributed by atoms with Crippen molar-refractivity contribution in [2.24, 2.45) is 0 Å². The molecule has 0 unspecified atom stereocenters. The molecule has 0 radical (unpaired) electrons. The van der Waals surface area contributed by atoms with Gasteiger partial charge < -0.3 is 10.2 Å². The van der Waals surface area contributed by atoms with Crippen molar-refractivity contribution in [3.8, 4) is 5.75 Å². The van der Waals surface area contributed by atoms with Crippen molar-refractivity contribution in [2.75, 3.05) is 7.11 Å². The van der Waals surface area contributed by atoms with E-state index in [0.717, 1.165) is 13.5 Å². The van der Waals surface area contributed by atoms with E-state index >= 15 is 0 Å². The molecule has 2 nitrogen and oxygen atoms in total. The van der Waals surface area contributed by atoms with Gasteiger partial charge in [0.25, 0.3) is 0 Å². The first-order chi connectivity index (χ1) is 6.33. The minimum absolute atomic E-state index is 0.352. The van der Waals surface area contributed by atoms with Crippen molar-refractivity contribution in [3.63, 3.8) is 0 Å². The Morgan fingerprint density at radius 2 is 1.62 bits per heavy atom. The quantitative estimate of drug-likeness (QED) is 0.753. The number of aliphatic hydroxyl groups is 1. The third-order valence-corrected chi connectivity index (χ3v) is 1.76. The van der Waals surface area contributed by atoms with Gasteiger partial charge in [0.1, 0.15) is 5.75 Å². The van der Waals surface area contributed by atoms with Gasteiger partial charge in [0, 0.05) is 7.11 Å². The lowest BCUT2D eigenvalue weighted by Gasteiger charge is -1.98. The minimum atomic E-state index is 0.352. The number of benzene rings is 1. The number of rotatable bonds is 3. The molecule has 1 rings (SSSR count). The summed E-state index contributed by atoms with van der Waals surface area (Å²) < 4.78 is 0. The van der Waals surface area contributed by atoms with E-state index in [-0.39, 0.29) is 0 Å². The molecule has 0 atom stereocenters. The first-order valence-corrected chi connectivity index (χ1v) is 4.55. The van der Waals surface area contributed by atoms with Crippen LogP contribution in [0.15, 0.2) is 24.3 Å². The van der Waals surface area contributed by atoms with Gasteiger partial charge in [-0.05, 0) is 30.5 Å². The summed E-state index contributed by atoms with van der Waals surface area (Å²) in [5.74, 6) is 0.352. The molecule has 2 heteroatoms. The van der Waals surface area contributed by atoms with Crippen LogP contribution in [0.2, 0.25) is 0 Å². The zero-order valence-corrected chi connectivity index (χ0v) is 8.33. The number of phenolic OH excluding ortho intramolecular Hbond substituents is 1. The van der Waals surface area contributed by atoms with E-state index in [2.05, 4.69) is 6.92 Å². The number of aryl methyl sites for hydroxylation is 1. The number of aromatic hydroxyl groups is 1. The molecular weight excluding hydrogens is 164 g/mol. The summed E-state index contributed by atoms with van der Waals surface area (Å²) in [5, 5.41) is 16.0. The topological polar surface area (TPSA) is 40.5 Å². The van der Waals surface area contributed by atoms with Gasteiger partial charge >= 0.3 is 0 Å². The standard InChI is InChI=1S/C10H14O.CH4O/c1-2-3-4-9-5-7-10(11)8-6-9;1-2/h5-8,11H,2-4H2,1H3;2H,1H3. The monoisotopic (exact) mass is 182 g/mol. The Balaban J connectivity index is 0.000000671. The summed E-state index contributed by atoms with van der Waals surface area (Å²) in [4.78, 5) is 0. The van der Waals surface area contributed by atoms with E-state index in [1.807, 2.05) is 12.1 Å². The van der Waals surface area contributed by atoms with Gasteiger partial charge in [-0.2, -0.15) is 0 Å². The molecular formula is C11H18O2. The lowest BCUT2D eigenvalue weighted by molar-refractivity contribution is 0.399. The molecule has 0 spiro atoms. The van der Waals surface area contributed by atoms with Crippen molar-refractivity contribution in [1.29, 1.82) is 0 Å². The molecule has 1 aromatic rings. The Morgan fingerprint density at radius 1 is 1.08 bits per heavy atom. The normalized spacial score (nSPS) is 8.85. The minimum Gasteiger partial charge on any atom is -0.508 e. The third kappa shape index (κ3) is 5.26. The lowest BCUT2D eigenvalue weighted by Crippen LogP contribution is -1.82. The lowest BCUT2D eigenvalue weighted by atomic mass is 10.1. The van der Waals surface area contributed by atoms with Gasteiger partial charge in [-0.3, -0.25) is 0 Å². The van der Waals surface area contributed by atoms with Crippen molar-refractivity contribution in [3.05, 3.63) is 29.8 Å². The second-order valence-corrected chi connectivity index (χ2v) is 2.77. The molecule has 0 heterocycles. The number of unbranched alkanes of at least 4 members (excludes halogenated alkanes) is 1. The van der Waals surface area contributed by atoms with Crippen LogP contribution >= 0.6 is 0 Å². The maximum Gasteiger partial charge on any atom is 0.115 e. The summed E-state index contributed by atoms with van der Waals surface area (Å²) in [6, 6.07) is 7.44. The third-order valence-electron chi connectivity index (χ3n) is 1.76. The van der Waals surface area contributed by atoms with Crippen molar-refractivity contribution in [2.45, 2.75) is 26.2 Å². The SMILES string of the molecule is CCCCc1ccc(O)cc1.CO. The number of phenols is 1. The average molecular weight is 182 g/mol. The predicted octanol–water partition coefficient (Wildman–Crippen LogP) is 2.34. The van der Waals surface area contributed by atoms with Gasteiger partial charge in [0.15, 0.2) is 0 Å². The molecule has 0 aromatic heterocycles. The maximum absolute atomic E-state index is 8.98. The molecule has 0 aliphatic rings. The second-order valence-electron chi connectivity index (χ2n) is 2.77. The molecule has 0 fully saturated rings. The van der Waals surface area contributed by atoms with Gasteiger partial charge in [0.2, 0.25) is 0 Å². The van der Waals surface area contributed by atoms with Crippen LogP contribution < -0.4 is 0 Å². The van der Waals surface area contributed by atoms with Gasteiger partial charge in [0.05, 0.1) is 0 Å². The van der Waals surface area contributed by atoms with E-state index in [0.29, 0.717) is 5.75 Å². The highest BCUT2D eigenvalue weighted by Crippen LogP contribution is 2.11. The molecule has 13 heavy (non-hydrogen) atoms. The van der Waals surface area contributed by atoms with Crippen molar-refractivity contribution < 1.29 is 10.2 Å². The average Bonchev–Trinajstić information content (AvgIpc) is 2.20. The van der Waals surface area contributed by atoms with Crippen LogP contribution in [-0.4, -0.2) is 17.3 Å². The largest absolute Gasteiger partial charge is 0.508 e. The van der Waals surface area contributed by atoms with Crippen LogP contribution in [-0.2, 0) is 6.42 Å². The number of hydrogen-bond donors (Lipinski definition) is 2. The maximum atomic E-state index is 8.98. The molecule has 74 valence electrons. The van der Waals surface area contributed by atoms with Gasteiger partial charge in [-0.25, -0.2) is 0 Å². The van der Waals surface area contributed by atoms with Crippen LogP contribution in [0.3, 0.4) is 0 Å². The Kier molecular flexibility index (Phi) is 7.02. The summed E-state index contributed by atoms with van der Waals surface area (Å²) >= 11 is 0. The molecule has 0 amide bonds. The highest BCUT2D eigenvalue weighted by atomic mass is 16.3. The van der Waals surface area contributed by atoms with Crippen molar-refractivity contribution >= 4 is 0 Å². The molecule has 2 N–H and O–H groups in total. The Morgan fingerprint density at radius 3 is 2.08 bits per heavy atom. The van der Waals surface area contributed by atoms with E-state index in [4.69, 9.17) is 10.2 Å². The molecule has 0 aliphatic carbocycles. The highest BCUT2D eigenvalue weighted by molar-refractivity contribution is 5.25. The van der Waals surface area contributed by atoms with Gasteiger partial charge in [-0.1, -0.05) is 25.5 Å². The van der Waals surface area contributed by atoms with E-state index in [1.165, 1.54) is 18.4 Å². The summed E-state index contributed by atoms with van der Waals surface area (Å²) in [7, 11) is 1.00. The second kappa shape index (κ2) is 7.62. The fourth-order valence-electron chi connectivity index (χ4n) is 1.04. The first kappa shape index (κ1) is 12.0. The summed E-state index contributed by atoms with van der Waals surface area (Å²) in [6.07, 6.45) is 3.57. The molecule has 0 saturated heterocycles. The molecule has 1 aromatic carbocycles. The highest BCUT2D eigenvalue weighted by Gasteiger charge is 1.91. The summed E-state index contributed by atoms with van der Waals surface area (Å²) in [5.41, 5.74) is 1.31. The fraction of sp³-hybridized carbons (Fsp3) is 0.455. The van der Waals surface area contributed by atoms with Crippen LogP contribution in [0.4, 0.5) is 0 Å². The van der Waals surface area contributed by atoms with Crippen LogP contribution in [0.1, 0.15) is 25.3 Å². The molecule has 0 bridgehead atoms. The zero-order chi connectivity index (χ0) is 10.1. The molecule has 0 saturated carbocycles. The van der Waals surface area contributed by atoms with E-state index in [9.17, 15) is 0 Å². The van der Waals surface area contributed by atoms with Gasteiger partial charge in [-0.15, -0.1) is 0 Å². The van der Waals surface area contributed by atoms with E-state index < -0.39 is 0 Å². The smallest absolute Gasteiger partial charge is 0.115 e. The van der Waals surface area contributed by atoms with Crippen molar-refractivity contribution in [1.82, 2.24) is 0 Å². The number of hydrogen-bond acceptors (Lipinski definition) is 2. The van der Waals surface area contributed by atoms with Crippen LogP contribution in [0.5, 0.6) is 5.75 Å². The number of aliphatic hydroxyl groups excluding tert-OH is 1. The molecule has 0 aliphatic heterocycles. The zero-order valence-electron chi connectivity index (χ0n) is 8.33. The van der Waals surface area contributed by atoms with Crippen LogP contribution in [0, 0.1) is 0 Å². The predicted molar refractivity (Wildman–Crippen MR) is 54.9 cm³/mol. The Bertz CT molecular complexity index is 204. The Hall–Kier alpha value is -1.02. The van der Waals surface area contributed by atoms with Crippen LogP contribution in [0.25, 0.3) is 0 Å². The van der Waals surface area contributed by atoms with E-state index in [1.54, 1.807) is 12.1 Å². The summed E-state index contributed by atoms with van der Waals surface area (Å²) in [6.45, 7) is 2.18. The first-order valence-electron chi connectivity index (χ1n) is 4.55.